The largest absolute Gasteiger partial charge is 0.0872 e. The molecule has 0 radical (unpaired) electrons. The topological polar surface area (TPSA) is 0 Å². The van der Waals surface area contributed by atoms with Crippen LogP contribution in [0.2, 0.25) is 0 Å². The Morgan fingerprint density at radius 2 is 1.36 bits per heavy atom. The molecule has 0 nitrogen and oxygen atoms in total. The average molecular weight is 402 g/mol. The van der Waals surface area contributed by atoms with Gasteiger partial charge in [0.1, 0.15) is 0 Å². The monoisotopic (exact) mass is 402 g/mol. The number of fused-ring (bicyclic) bond motifs is 6. The molecule has 28 heavy (non-hydrogen) atoms. The van der Waals surface area contributed by atoms with Gasteiger partial charge in [0.15, 0.2) is 0 Å². The fourth-order valence-electron chi connectivity index (χ4n) is 7.23. The highest BCUT2D eigenvalue weighted by Crippen LogP contribution is 2.69. The van der Waals surface area contributed by atoms with E-state index in [0.717, 1.165) is 28.6 Å². The van der Waals surface area contributed by atoms with E-state index in [0.29, 0.717) is 0 Å². The van der Waals surface area contributed by atoms with Crippen molar-refractivity contribution in [2.24, 2.45) is 5.92 Å². The summed E-state index contributed by atoms with van der Waals surface area (Å²) >= 11 is 0. The molecule has 0 amide bonds. The van der Waals surface area contributed by atoms with E-state index < -0.39 is 0 Å². The van der Waals surface area contributed by atoms with Gasteiger partial charge in [0.2, 0.25) is 0 Å². The second kappa shape index (κ2) is 6.27. The maximum atomic E-state index is 2.62. The highest BCUT2D eigenvalue weighted by Gasteiger charge is 2.51. The molecule has 2 heteroatoms. The molecule has 2 aliphatic heterocycles. The zero-order valence-electron chi connectivity index (χ0n) is 16.4. The van der Waals surface area contributed by atoms with Crippen LogP contribution in [0.1, 0.15) is 44.9 Å². The summed E-state index contributed by atoms with van der Waals surface area (Å²) in [7, 11) is -0.101. The smallest absolute Gasteiger partial charge is 0.00903 e. The highest BCUT2D eigenvalue weighted by molar-refractivity contribution is 7.74. The van der Waals surface area contributed by atoms with Gasteiger partial charge >= 0.3 is 0 Å². The van der Waals surface area contributed by atoms with Gasteiger partial charge in [0.25, 0.3) is 0 Å². The molecule has 0 bridgehead atoms. The molecule has 1 aromatic rings. The van der Waals surface area contributed by atoms with Crippen molar-refractivity contribution in [1.82, 2.24) is 0 Å². The predicted molar refractivity (Wildman–Crippen MR) is 124 cm³/mol. The van der Waals surface area contributed by atoms with Crippen LogP contribution in [0.25, 0.3) is 0 Å². The summed E-state index contributed by atoms with van der Waals surface area (Å²) in [5.41, 5.74) is 8.95. The van der Waals surface area contributed by atoms with Gasteiger partial charge in [-0.1, -0.05) is 76.1 Å². The number of benzene rings is 1. The molecule has 4 aliphatic carbocycles. The maximum absolute atomic E-state index is 2.62. The first kappa shape index (κ1) is 16.8. The van der Waals surface area contributed by atoms with Gasteiger partial charge < -0.3 is 0 Å². The van der Waals surface area contributed by atoms with Crippen molar-refractivity contribution in [2.45, 2.75) is 67.6 Å². The van der Waals surface area contributed by atoms with Crippen LogP contribution in [0.4, 0.5) is 0 Å². The standard InChI is InChI=1S/C26H28P2/c1-2-12-26(28-23-15-5-9-19(23)20-10-6-16-24(20)28)25(11-1)27-21-13-3-7-17(21)18-8-4-14-22(18)27/h1-3,7-12,17,21-24H,4-6,13-16H2/t17-,21?,22+,23+,24?,27?,28?/m1/s1. The molecule has 7 atom stereocenters. The summed E-state index contributed by atoms with van der Waals surface area (Å²) < 4.78 is 0. The Bertz CT molecular complexity index is 936. The first-order valence-corrected chi connectivity index (χ1v) is 14.3. The predicted octanol–water partition coefficient (Wildman–Crippen LogP) is 6.14. The summed E-state index contributed by atoms with van der Waals surface area (Å²) in [6.45, 7) is 0. The van der Waals surface area contributed by atoms with Crippen molar-refractivity contribution in [3.05, 3.63) is 71.4 Å². The van der Waals surface area contributed by atoms with Crippen LogP contribution in [-0.4, -0.2) is 22.6 Å². The van der Waals surface area contributed by atoms with Crippen molar-refractivity contribution in [3.8, 4) is 0 Å². The van der Waals surface area contributed by atoms with Crippen molar-refractivity contribution >= 4 is 26.5 Å². The van der Waals surface area contributed by atoms with E-state index in [1.807, 2.05) is 16.2 Å². The first-order valence-electron chi connectivity index (χ1n) is 11.3. The number of hydrogen-bond acceptors (Lipinski definition) is 0. The second-order valence-corrected chi connectivity index (χ2v) is 14.5. The minimum Gasteiger partial charge on any atom is -0.0872 e. The van der Waals surface area contributed by atoms with Crippen LogP contribution in [0, 0.1) is 5.92 Å². The summed E-state index contributed by atoms with van der Waals surface area (Å²) in [6.07, 6.45) is 22.5. The molecule has 2 heterocycles. The summed E-state index contributed by atoms with van der Waals surface area (Å²) in [6, 6.07) is 9.87. The lowest BCUT2D eigenvalue weighted by Crippen LogP contribution is -2.30. The zero-order chi connectivity index (χ0) is 18.2. The minimum atomic E-state index is -0.0540. The molecular formula is C26H28P2. The Balaban J connectivity index is 1.36. The molecule has 1 aromatic carbocycles. The molecule has 6 aliphatic rings. The van der Waals surface area contributed by atoms with E-state index in [1.165, 1.54) is 44.9 Å². The minimum absolute atomic E-state index is 0.0472. The molecule has 2 fully saturated rings. The van der Waals surface area contributed by atoms with Crippen LogP contribution >= 0.6 is 15.8 Å². The lowest BCUT2D eigenvalue weighted by atomic mass is 9.98. The van der Waals surface area contributed by atoms with Crippen molar-refractivity contribution in [2.75, 3.05) is 0 Å². The SMILES string of the molecule is C1=C[C@@H]2C3=CCC[C@@H]3P(c3ccccc3P3C4CCC=C4C4=CCC[C@@H]43)C2C1. The van der Waals surface area contributed by atoms with Gasteiger partial charge in [0.05, 0.1) is 0 Å². The van der Waals surface area contributed by atoms with Crippen LogP contribution in [0.3, 0.4) is 0 Å². The Kier molecular flexibility index (Phi) is 3.76. The van der Waals surface area contributed by atoms with Crippen LogP contribution in [0.5, 0.6) is 0 Å². The Morgan fingerprint density at radius 3 is 2.11 bits per heavy atom. The van der Waals surface area contributed by atoms with Gasteiger partial charge in [-0.3, -0.25) is 0 Å². The molecule has 0 saturated carbocycles. The quantitative estimate of drug-likeness (QED) is 0.412. The fraction of sp³-hybridized carbons (Fsp3) is 0.462. The van der Waals surface area contributed by atoms with Crippen molar-refractivity contribution < 1.29 is 0 Å². The Labute approximate surface area is 171 Å². The Morgan fingerprint density at radius 1 is 0.714 bits per heavy atom. The summed E-state index contributed by atoms with van der Waals surface area (Å²) in [5, 5.41) is 3.66. The van der Waals surface area contributed by atoms with E-state index in [9.17, 15) is 0 Å². The highest BCUT2D eigenvalue weighted by atomic mass is 31.1. The zero-order valence-corrected chi connectivity index (χ0v) is 18.2. The van der Waals surface area contributed by atoms with E-state index in [1.54, 1.807) is 11.1 Å². The van der Waals surface area contributed by atoms with Gasteiger partial charge in [0, 0.05) is 22.9 Å². The molecular weight excluding hydrogens is 374 g/mol. The molecule has 0 spiro atoms. The van der Waals surface area contributed by atoms with Gasteiger partial charge in [-0.05, 0) is 72.4 Å². The van der Waals surface area contributed by atoms with Gasteiger partial charge in [-0.15, -0.1) is 0 Å². The van der Waals surface area contributed by atoms with Crippen molar-refractivity contribution in [3.63, 3.8) is 0 Å². The molecule has 7 rings (SSSR count). The average Bonchev–Trinajstić information content (AvgIpc) is 3.48. The Hall–Kier alpha value is -0.960. The van der Waals surface area contributed by atoms with E-state index >= 15 is 0 Å². The number of hydrogen-bond donors (Lipinski definition) is 0. The summed E-state index contributed by atoms with van der Waals surface area (Å²) in [5.74, 6) is 0.784. The summed E-state index contributed by atoms with van der Waals surface area (Å²) in [4.78, 5) is 0. The molecule has 2 saturated heterocycles. The normalized spacial score (nSPS) is 42.1. The van der Waals surface area contributed by atoms with Crippen molar-refractivity contribution in [1.29, 1.82) is 0 Å². The maximum Gasteiger partial charge on any atom is 0.00903 e. The van der Waals surface area contributed by atoms with Crippen LogP contribution in [-0.2, 0) is 0 Å². The van der Waals surface area contributed by atoms with E-state index in [2.05, 4.69) is 54.6 Å². The number of rotatable bonds is 2. The van der Waals surface area contributed by atoms with Gasteiger partial charge in [-0.2, -0.15) is 0 Å². The lowest BCUT2D eigenvalue weighted by molar-refractivity contribution is 0.763. The van der Waals surface area contributed by atoms with Gasteiger partial charge in [-0.25, -0.2) is 0 Å². The molecule has 4 unspecified atom stereocenters. The third kappa shape index (κ3) is 2.15. The fourth-order valence-corrected chi connectivity index (χ4v) is 15.3. The lowest BCUT2D eigenvalue weighted by Gasteiger charge is -2.32. The van der Waals surface area contributed by atoms with Crippen LogP contribution in [0.15, 0.2) is 71.4 Å². The second-order valence-electron chi connectivity index (χ2n) is 9.36. The molecule has 0 N–H and O–H groups in total. The molecule has 0 aromatic heterocycles. The van der Waals surface area contributed by atoms with E-state index in [-0.39, 0.29) is 15.8 Å². The first-order chi connectivity index (χ1) is 13.9. The third-order valence-electron chi connectivity index (χ3n) is 8.19. The third-order valence-corrected chi connectivity index (χ3v) is 15.1. The van der Waals surface area contributed by atoms with Crippen LogP contribution < -0.4 is 10.6 Å². The van der Waals surface area contributed by atoms with E-state index in [4.69, 9.17) is 0 Å². The number of allylic oxidation sites excluding steroid dienone is 8. The molecule has 142 valence electrons.